The highest BCUT2D eigenvalue weighted by molar-refractivity contribution is 5.28. The second kappa shape index (κ2) is 9.77. The molecule has 116 valence electrons. The number of aryl methyl sites for hydroxylation is 1. The van der Waals surface area contributed by atoms with Crippen molar-refractivity contribution >= 4 is 5.95 Å². The topological polar surface area (TPSA) is 48.3 Å². The summed E-state index contributed by atoms with van der Waals surface area (Å²) in [6, 6.07) is 0. The molecule has 5 nitrogen and oxygen atoms in total. The lowest BCUT2D eigenvalue weighted by Crippen LogP contribution is -2.13. The molecule has 0 bridgehead atoms. The zero-order valence-electron chi connectivity index (χ0n) is 13.3. The van der Waals surface area contributed by atoms with Crippen molar-refractivity contribution in [2.45, 2.75) is 40.7 Å². The summed E-state index contributed by atoms with van der Waals surface area (Å²) < 4.78 is 13.1. The number of ether oxygens (including phenoxy) is 2. The summed E-state index contributed by atoms with van der Waals surface area (Å²) in [5, 5.41) is 3.36. The fourth-order valence-electron chi connectivity index (χ4n) is 1.86. The van der Waals surface area contributed by atoms with Crippen molar-refractivity contribution in [3.8, 4) is 0 Å². The summed E-state index contributed by atoms with van der Waals surface area (Å²) in [5.74, 6) is 1.50. The first kappa shape index (κ1) is 17.0. The molecule has 0 saturated carbocycles. The molecule has 0 fully saturated rings. The van der Waals surface area contributed by atoms with Gasteiger partial charge >= 0.3 is 0 Å². The van der Waals surface area contributed by atoms with Crippen LogP contribution < -0.4 is 5.32 Å². The normalized spacial score (nSPS) is 11.2. The number of anilines is 1. The molecule has 0 atom stereocenters. The predicted molar refractivity (Wildman–Crippen MR) is 82.2 cm³/mol. The number of imidazole rings is 1. The van der Waals surface area contributed by atoms with E-state index < -0.39 is 0 Å². The van der Waals surface area contributed by atoms with Crippen LogP contribution in [0.25, 0.3) is 0 Å². The molecule has 0 spiro atoms. The average Bonchev–Trinajstić information content (AvgIpc) is 2.75. The lowest BCUT2D eigenvalue weighted by atomic mass is 10.2. The van der Waals surface area contributed by atoms with Gasteiger partial charge in [0.05, 0.1) is 12.3 Å². The largest absolute Gasteiger partial charge is 0.382 e. The van der Waals surface area contributed by atoms with Gasteiger partial charge in [0.2, 0.25) is 5.95 Å². The summed E-state index contributed by atoms with van der Waals surface area (Å²) in [5.41, 5.74) is 1.03. The molecule has 1 rings (SSSR count). The van der Waals surface area contributed by atoms with Crippen molar-refractivity contribution in [2.24, 2.45) is 5.92 Å². The van der Waals surface area contributed by atoms with E-state index in [-0.39, 0.29) is 0 Å². The van der Waals surface area contributed by atoms with Gasteiger partial charge in [-0.1, -0.05) is 13.8 Å². The molecule has 1 N–H and O–H groups in total. The molecule has 1 heterocycles. The minimum absolute atomic E-state index is 0.579. The van der Waals surface area contributed by atoms with Gasteiger partial charge in [0.15, 0.2) is 0 Å². The average molecular weight is 283 g/mol. The van der Waals surface area contributed by atoms with Crippen LogP contribution in [0.5, 0.6) is 0 Å². The maximum absolute atomic E-state index is 5.62. The number of rotatable bonds is 11. The van der Waals surface area contributed by atoms with Gasteiger partial charge in [0.1, 0.15) is 0 Å². The van der Waals surface area contributed by atoms with Crippen molar-refractivity contribution in [3.05, 3.63) is 11.9 Å². The van der Waals surface area contributed by atoms with E-state index >= 15 is 0 Å². The Hall–Kier alpha value is -1.07. The molecular formula is C15H29N3O2. The molecule has 0 radical (unpaired) electrons. The Morgan fingerprint density at radius 2 is 2.10 bits per heavy atom. The highest BCUT2D eigenvalue weighted by Gasteiger charge is 2.05. The van der Waals surface area contributed by atoms with Crippen LogP contribution >= 0.6 is 0 Å². The Balaban J connectivity index is 2.31. The fourth-order valence-corrected chi connectivity index (χ4v) is 1.86. The lowest BCUT2D eigenvalue weighted by molar-refractivity contribution is 0.103. The molecule has 0 saturated heterocycles. The van der Waals surface area contributed by atoms with Gasteiger partial charge in [0.25, 0.3) is 0 Å². The standard InChI is InChI=1S/C15H29N3O2/c1-5-19-9-6-7-16-15-17-14(4)11-18(15)8-10-20-12-13(2)3/h11,13H,5-10,12H2,1-4H3,(H,16,17). The van der Waals surface area contributed by atoms with Crippen LogP contribution in [0.4, 0.5) is 5.95 Å². The summed E-state index contributed by atoms with van der Waals surface area (Å²) in [6.45, 7) is 13.2. The van der Waals surface area contributed by atoms with Crippen LogP contribution in [-0.2, 0) is 16.0 Å². The van der Waals surface area contributed by atoms with Gasteiger partial charge in [-0.15, -0.1) is 0 Å². The molecule has 1 aromatic rings. The van der Waals surface area contributed by atoms with Crippen LogP contribution in [0.15, 0.2) is 6.20 Å². The first-order valence-electron chi connectivity index (χ1n) is 7.56. The van der Waals surface area contributed by atoms with Crippen LogP contribution in [0.2, 0.25) is 0 Å². The highest BCUT2D eigenvalue weighted by atomic mass is 16.5. The van der Waals surface area contributed by atoms with Gasteiger partial charge in [-0.3, -0.25) is 0 Å². The van der Waals surface area contributed by atoms with Crippen molar-refractivity contribution in [1.82, 2.24) is 9.55 Å². The minimum Gasteiger partial charge on any atom is -0.382 e. The van der Waals surface area contributed by atoms with Crippen molar-refractivity contribution in [3.63, 3.8) is 0 Å². The summed E-state index contributed by atoms with van der Waals surface area (Å²) in [4.78, 5) is 4.50. The Morgan fingerprint density at radius 1 is 1.30 bits per heavy atom. The van der Waals surface area contributed by atoms with E-state index in [4.69, 9.17) is 9.47 Å². The molecule has 1 aromatic heterocycles. The zero-order valence-corrected chi connectivity index (χ0v) is 13.3. The molecule has 0 aliphatic heterocycles. The van der Waals surface area contributed by atoms with Gasteiger partial charge in [0, 0.05) is 39.1 Å². The Morgan fingerprint density at radius 3 is 2.80 bits per heavy atom. The summed E-state index contributed by atoms with van der Waals surface area (Å²) >= 11 is 0. The molecule has 0 aliphatic carbocycles. The van der Waals surface area contributed by atoms with E-state index in [1.807, 2.05) is 13.8 Å². The Labute approximate surface area is 122 Å². The van der Waals surface area contributed by atoms with E-state index in [1.165, 1.54) is 0 Å². The molecule has 0 aromatic carbocycles. The smallest absolute Gasteiger partial charge is 0.203 e. The maximum atomic E-state index is 5.62. The first-order chi connectivity index (χ1) is 9.63. The van der Waals surface area contributed by atoms with Gasteiger partial charge in [-0.25, -0.2) is 4.98 Å². The number of hydrogen-bond acceptors (Lipinski definition) is 4. The van der Waals surface area contributed by atoms with Crippen molar-refractivity contribution in [1.29, 1.82) is 0 Å². The molecule has 0 amide bonds. The maximum Gasteiger partial charge on any atom is 0.203 e. The van der Waals surface area contributed by atoms with Crippen molar-refractivity contribution in [2.75, 3.05) is 38.3 Å². The van der Waals surface area contributed by atoms with Gasteiger partial charge < -0.3 is 19.4 Å². The second-order valence-electron chi connectivity index (χ2n) is 5.35. The van der Waals surface area contributed by atoms with E-state index in [0.717, 1.165) is 57.6 Å². The quantitative estimate of drug-likeness (QED) is 0.634. The van der Waals surface area contributed by atoms with Crippen LogP contribution in [0.1, 0.15) is 32.9 Å². The monoisotopic (exact) mass is 283 g/mol. The molecular weight excluding hydrogens is 254 g/mol. The third kappa shape index (κ3) is 6.91. The van der Waals surface area contributed by atoms with Crippen LogP contribution in [-0.4, -0.2) is 42.5 Å². The predicted octanol–water partition coefficient (Wildman–Crippen LogP) is 2.70. The molecule has 5 heteroatoms. The fraction of sp³-hybridized carbons (Fsp3) is 0.800. The molecule has 0 aliphatic rings. The van der Waals surface area contributed by atoms with E-state index in [1.54, 1.807) is 0 Å². The van der Waals surface area contributed by atoms with Crippen LogP contribution in [0, 0.1) is 12.8 Å². The first-order valence-corrected chi connectivity index (χ1v) is 7.56. The lowest BCUT2D eigenvalue weighted by Gasteiger charge is -2.11. The minimum atomic E-state index is 0.579. The van der Waals surface area contributed by atoms with Gasteiger partial charge in [-0.05, 0) is 26.2 Å². The number of nitrogens with zero attached hydrogens (tertiary/aromatic N) is 2. The Bertz CT molecular complexity index is 364. The van der Waals surface area contributed by atoms with E-state index in [2.05, 4.69) is 34.9 Å². The Kier molecular flexibility index (Phi) is 8.30. The second-order valence-corrected chi connectivity index (χ2v) is 5.35. The number of nitrogens with one attached hydrogen (secondary N) is 1. The summed E-state index contributed by atoms with van der Waals surface area (Å²) in [7, 11) is 0. The third-order valence-corrected chi connectivity index (χ3v) is 2.78. The molecule has 0 unspecified atom stereocenters. The highest BCUT2D eigenvalue weighted by Crippen LogP contribution is 2.08. The number of aromatic nitrogens is 2. The van der Waals surface area contributed by atoms with Crippen molar-refractivity contribution < 1.29 is 9.47 Å². The third-order valence-electron chi connectivity index (χ3n) is 2.78. The molecule has 20 heavy (non-hydrogen) atoms. The van der Waals surface area contributed by atoms with Gasteiger partial charge in [-0.2, -0.15) is 0 Å². The SMILES string of the molecule is CCOCCCNc1nc(C)cn1CCOCC(C)C. The zero-order chi connectivity index (χ0) is 14.8. The van der Waals surface area contributed by atoms with Crippen LogP contribution in [0.3, 0.4) is 0 Å². The number of hydrogen-bond donors (Lipinski definition) is 1. The summed E-state index contributed by atoms with van der Waals surface area (Å²) in [6.07, 6.45) is 3.05. The van der Waals surface area contributed by atoms with E-state index in [0.29, 0.717) is 5.92 Å². The van der Waals surface area contributed by atoms with E-state index in [9.17, 15) is 0 Å².